The summed E-state index contributed by atoms with van der Waals surface area (Å²) in [7, 11) is 0. The first-order valence-corrected chi connectivity index (χ1v) is 5.80. The number of rotatable bonds is 2. The second-order valence-electron chi connectivity index (χ2n) is 4.02. The summed E-state index contributed by atoms with van der Waals surface area (Å²) in [5.41, 5.74) is 8.26. The van der Waals surface area contributed by atoms with Crippen LogP contribution in [-0.4, -0.2) is 17.7 Å². The molecule has 2 unspecified atom stereocenters. The minimum atomic E-state index is 0.0430. The largest absolute Gasteiger partial charge is 0.363 e. The quantitative estimate of drug-likeness (QED) is 0.326. The Bertz CT molecular complexity index is 242. The fourth-order valence-electron chi connectivity index (χ4n) is 1.80. The average molecular weight is 262 g/mol. The maximum absolute atomic E-state index is 8.26. The van der Waals surface area contributed by atoms with E-state index in [-0.39, 0.29) is 11.1 Å². The maximum atomic E-state index is 8.26. The van der Waals surface area contributed by atoms with Gasteiger partial charge in [0.15, 0.2) is 0 Å². The highest BCUT2D eigenvalue weighted by Gasteiger charge is 2.37. The first-order chi connectivity index (χ1) is 6.57. The summed E-state index contributed by atoms with van der Waals surface area (Å²) in [6.07, 6.45) is 0.0430. The predicted molar refractivity (Wildman–Crippen MR) is 59.1 cm³/mol. The normalized spacial score (nSPS) is 43.0. The van der Waals surface area contributed by atoms with Crippen LogP contribution in [0, 0.1) is 17.8 Å². The number of azide groups is 1. The summed E-state index contributed by atoms with van der Waals surface area (Å²) in [5, 5.41) is 3.65. The van der Waals surface area contributed by atoms with Gasteiger partial charge in [0.25, 0.3) is 0 Å². The van der Waals surface area contributed by atoms with E-state index in [1.807, 2.05) is 0 Å². The summed E-state index contributed by atoms with van der Waals surface area (Å²) in [5.74, 6) is 1.50. The van der Waals surface area contributed by atoms with Crippen LogP contribution in [0.5, 0.6) is 0 Å². The molecule has 4 nitrogen and oxygen atoms in total. The maximum Gasteiger partial charge on any atom is 0.115 e. The molecular formula is C9H16BrN3O. The Morgan fingerprint density at radius 1 is 1.29 bits per heavy atom. The smallest absolute Gasteiger partial charge is 0.115 e. The summed E-state index contributed by atoms with van der Waals surface area (Å²) in [6.45, 7) is 6.97. The summed E-state index contributed by atoms with van der Waals surface area (Å²) < 4.78 is 5.74. The number of halogens is 1. The molecule has 14 heavy (non-hydrogen) atoms. The van der Waals surface area contributed by atoms with Gasteiger partial charge in [-0.25, -0.2) is 0 Å². The molecule has 0 aromatic heterocycles. The molecule has 5 atom stereocenters. The standard InChI is InChI=1S/C9H16BrN3O/c1-5-6(2)8(4-12-13-11)14-9(10)7(5)3/h5-9H,4H2,1-3H3/t5-,6-,7?,8?,9-/m0/s1. The lowest BCUT2D eigenvalue weighted by molar-refractivity contribution is -0.0852. The van der Waals surface area contributed by atoms with Crippen LogP contribution in [0.4, 0.5) is 0 Å². The third kappa shape index (κ3) is 2.41. The Morgan fingerprint density at radius 3 is 2.50 bits per heavy atom. The van der Waals surface area contributed by atoms with Crippen LogP contribution in [0.3, 0.4) is 0 Å². The number of nitrogens with zero attached hydrogens (tertiary/aromatic N) is 3. The van der Waals surface area contributed by atoms with Gasteiger partial charge in [-0.15, -0.1) is 0 Å². The van der Waals surface area contributed by atoms with E-state index in [1.54, 1.807) is 0 Å². The molecule has 1 aliphatic rings. The van der Waals surface area contributed by atoms with Gasteiger partial charge in [0.2, 0.25) is 0 Å². The van der Waals surface area contributed by atoms with Crippen LogP contribution in [0.25, 0.3) is 10.4 Å². The first-order valence-electron chi connectivity index (χ1n) is 4.88. The minimum Gasteiger partial charge on any atom is -0.363 e. The molecule has 5 heteroatoms. The Morgan fingerprint density at radius 2 is 1.93 bits per heavy atom. The van der Waals surface area contributed by atoms with Crippen LogP contribution >= 0.6 is 15.9 Å². The Labute approximate surface area is 92.8 Å². The fourth-order valence-corrected chi connectivity index (χ4v) is 2.56. The molecule has 1 rings (SSSR count). The molecule has 1 saturated heterocycles. The van der Waals surface area contributed by atoms with Crippen molar-refractivity contribution in [3.8, 4) is 0 Å². The van der Waals surface area contributed by atoms with Crippen molar-refractivity contribution in [2.24, 2.45) is 22.9 Å². The number of hydrogen-bond acceptors (Lipinski definition) is 2. The zero-order valence-corrected chi connectivity index (χ0v) is 10.3. The van der Waals surface area contributed by atoms with Gasteiger partial charge in [0.05, 0.1) is 12.6 Å². The monoisotopic (exact) mass is 261 g/mol. The van der Waals surface area contributed by atoms with E-state index < -0.39 is 0 Å². The van der Waals surface area contributed by atoms with Gasteiger partial charge >= 0.3 is 0 Å². The number of hydrogen-bond donors (Lipinski definition) is 0. The van der Waals surface area contributed by atoms with Crippen molar-refractivity contribution in [3.05, 3.63) is 10.4 Å². The second-order valence-corrected chi connectivity index (χ2v) is 4.92. The van der Waals surface area contributed by atoms with Gasteiger partial charge in [-0.2, -0.15) is 0 Å². The molecule has 0 spiro atoms. The highest BCUT2D eigenvalue weighted by molar-refractivity contribution is 9.09. The number of ether oxygens (including phenoxy) is 1. The van der Waals surface area contributed by atoms with Crippen LogP contribution in [0.2, 0.25) is 0 Å². The molecule has 0 saturated carbocycles. The molecule has 0 aromatic rings. The molecule has 1 aliphatic heterocycles. The molecule has 0 bridgehead atoms. The zero-order chi connectivity index (χ0) is 10.7. The van der Waals surface area contributed by atoms with Gasteiger partial charge in [-0.05, 0) is 23.3 Å². The molecule has 0 aromatic carbocycles. The van der Waals surface area contributed by atoms with Gasteiger partial charge in [0.1, 0.15) is 5.01 Å². The lowest BCUT2D eigenvalue weighted by Gasteiger charge is -2.41. The van der Waals surface area contributed by atoms with Crippen molar-refractivity contribution in [2.45, 2.75) is 31.9 Å². The Balaban J connectivity index is 2.64. The molecule has 0 radical (unpaired) electrons. The SMILES string of the molecule is CC1[C@@H](C)[C@H](C)C(CN=[N+]=[N-])O[C@@H]1Br. The predicted octanol–water partition coefficient (Wildman–Crippen LogP) is 3.32. The Kier molecular flexibility index (Phi) is 4.23. The van der Waals surface area contributed by atoms with E-state index in [4.69, 9.17) is 10.3 Å². The van der Waals surface area contributed by atoms with Crippen molar-refractivity contribution in [1.29, 1.82) is 0 Å². The van der Waals surface area contributed by atoms with Crippen molar-refractivity contribution in [3.63, 3.8) is 0 Å². The van der Waals surface area contributed by atoms with Gasteiger partial charge < -0.3 is 4.74 Å². The van der Waals surface area contributed by atoms with E-state index in [2.05, 4.69) is 46.7 Å². The van der Waals surface area contributed by atoms with Gasteiger partial charge in [0, 0.05) is 4.91 Å². The molecule has 1 fully saturated rings. The lowest BCUT2D eigenvalue weighted by Crippen LogP contribution is -2.43. The fraction of sp³-hybridized carbons (Fsp3) is 1.00. The van der Waals surface area contributed by atoms with Crippen LogP contribution in [-0.2, 0) is 4.74 Å². The lowest BCUT2D eigenvalue weighted by atomic mass is 9.80. The highest BCUT2D eigenvalue weighted by atomic mass is 79.9. The van der Waals surface area contributed by atoms with Crippen LogP contribution in [0.1, 0.15) is 20.8 Å². The van der Waals surface area contributed by atoms with E-state index in [1.165, 1.54) is 0 Å². The van der Waals surface area contributed by atoms with E-state index >= 15 is 0 Å². The first kappa shape index (κ1) is 11.8. The molecule has 1 heterocycles. The van der Waals surface area contributed by atoms with Crippen LogP contribution in [0.15, 0.2) is 5.11 Å². The second kappa shape index (κ2) is 5.01. The summed E-state index contributed by atoms with van der Waals surface area (Å²) >= 11 is 3.50. The van der Waals surface area contributed by atoms with Crippen molar-refractivity contribution >= 4 is 15.9 Å². The van der Waals surface area contributed by atoms with E-state index in [9.17, 15) is 0 Å². The third-order valence-electron chi connectivity index (χ3n) is 3.29. The zero-order valence-electron chi connectivity index (χ0n) is 8.72. The van der Waals surface area contributed by atoms with Crippen molar-refractivity contribution in [1.82, 2.24) is 0 Å². The highest BCUT2D eigenvalue weighted by Crippen LogP contribution is 2.37. The number of alkyl halides is 1. The summed E-state index contributed by atoms with van der Waals surface area (Å²) in [4.78, 5) is 2.76. The third-order valence-corrected chi connectivity index (χ3v) is 4.34. The molecule has 0 amide bonds. The molecule has 80 valence electrons. The minimum absolute atomic E-state index is 0.0430. The van der Waals surface area contributed by atoms with Gasteiger partial charge in [-0.3, -0.25) is 0 Å². The molecular weight excluding hydrogens is 246 g/mol. The van der Waals surface area contributed by atoms with Crippen molar-refractivity contribution < 1.29 is 4.74 Å². The van der Waals surface area contributed by atoms with E-state index in [0.717, 1.165) is 0 Å². The molecule has 0 N–H and O–H groups in total. The summed E-state index contributed by atoms with van der Waals surface area (Å²) in [6, 6.07) is 0. The molecule has 0 aliphatic carbocycles. The van der Waals surface area contributed by atoms with Crippen LogP contribution < -0.4 is 0 Å². The average Bonchev–Trinajstić information content (AvgIpc) is 2.18. The van der Waals surface area contributed by atoms with Crippen molar-refractivity contribution in [2.75, 3.05) is 6.54 Å². The topological polar surface area (TPSA) is 58.0 Å². The van der Waals surface area contributed by atoms with Gasteiger partial charge in [-0.1, -0.05) is 41.8 Å². The Hall–Kier alpha value is -0.250. The van der Waals surface area contributed by atoms with E-state index in [0.29, 0.717) is 24.3 Å².